The molecule has 2 rings (SSSR count). The molecular weight excluding hydrogens is 308 g/mol. The van der Waals surface area contributed by atoms with E-state index in [4.69, 9.17) is 0 Å². The van der Waals surface area contributed by atoms with Crippen LogP contribution in [-0.4, -0.2) is 20.7 Å². The number of nitrogens with zero attached hydrogens (tertiary/aromatic N) is 3. The van der Waals surface area contributed by atoms with Gasteiger partial charge in [0.15, 0.2) is 0 Å². The zero-order chi connectivity index (χ0) is 14.2. The molecule has 2 aromatic rings. The molecule has 0 saturated heterocycles. The fraction of sp³-hybridized carbons (Fsp3) is 0.308. The molecule has 100 valence electrons. The molecule has 0 aliphatic heterocycles. The number of aryl methyl sites for hydroxylation is 3. The van der Waals surface area contributed by atoms with Crippen molar-refractivity contribution in [3.05, 3.63) is 39.3 Å². The van der Waals surface area contributed by atoms with E-state index in [0.29, 0.717) is 17.1 Å². The van der Waals surface area contributed by atoms with E-state index in [1.165, 1.54) is 0 Å². The number of aromatic nitrogens is 3. The first-order valence-corrected chi connectivity index (χ1v) is 6.64. The smallest absolute Gasteiger partial charge is 0.260 e. The zero-order valence-electron chi connectivity index (χ0n) is 11.3. The van der Waals surface area contributed by atoms with Crippen LogP contribution in [0.1, 0.15) is 27.4 Å². The molecule has 0 fully saturated rings. The molecular formula is C13H15BrN4O. The molecule has 5 nitrogen and oxygen atoms in total. The third-order valence-electron chi connectivity index (χ3n) is 3.00. The molecule has 0 unspecified atom stereocenters. The second-order valence-corrected chi connectivity index (χ2v) is 5.24. The number of anilines is 1. The summed E-state index contributed by atoms with van der Waals surface area (Å²) in [7, 11) is 1.82. The van der Waals surface area contributed by atoms with Crippen LogP contribution in [0.2, 0.25) is 0 Å². The summed E-state index contributed by atoms with van der Waals surface area (Å²) in [5, 5.41) is 7.03. The molecule has 19 heavy (non-hydrogen) atoms. The van der Waals surface area contributed by atoms with Gasteiger partial charge in [-0.15, -0.1) is 0 Å². The number of halogens is 1. The van der Waals surface area contributed by atoms with Gasteiger partial charge in [0.25, 0.3) is 5.91 Å². The van der Waals surface area contributed by atoms with E-state index in [1.54, 1.807) is 10.7 Å². The minimum absolute atomic E-state index is 0.183. The highest BCUT2D eigenvalue weighted by Gasteiger charge is 2.17. The highest BCUT2D eigenvalue weighted by atomic mass is 79.9. The summed E-state index contributed by atoms with van der Waals surface area (Å²) in [4.78, 5) is 16.5. The summed E-state index contributed by atoms with van der Waals surface area (Å²) >= 11 is 3.38. The predicted molar refractivity (Wildman–Crippen MR) is 77.3 cm³/mol. The topological polar surface area (TPSA) is 59.8 Å². The van der Waals surface area contributed by atoms with Crippen molar-refractivity contribution in [3.63, 3.8) is 0 Å². The van der Waals surface area contributed by atoms with Gasteiger partial charge in [0.05, 0.1) is 17.0 Å². The number of rotatable bonds is 2. The monoisotopic (exact) mass is 322 g/mol. The number of pyridine rings is 1. The van der Waals surface area contributed by atoms with E-state index in [1.807, 2.05) is 33.9 Å². The molecule has 0 aromatic carbocycles. The summed E-state index contributed by atoms with van der Waals surface area (Å²) in [6.45, 7) is 5.57. The molecule has 2 heterocycles. The van der Waals surface area contributed by atoms with Gasteiger partial charge in [-0.2, -0.15) is 5.10 Å². The van der Waals surface area contributed by atoms with Gasteiger partial charge in [0.2, 0.25) is 0 Å². The Morgan fingerprint density at radius 2 is 1.95 bits per heavy atom. The average molecular weight is 323 g/mol. The second-order valence-electron chi connectivity index (χ2n) is 4.39. The SMILES string of the molecule is Cc1nc(NC(=O)c2c(C)nn(C)c2C)ccc1Br. The van der Waals surface area contributed by atoms with Crippen LogP contribution in [0.15, 0.2) is 16.6 Å². The highest BCUT2D eigenvalue weighted by Crippen LogP contribution is 2.18. The molecule has 2 aromatic heterocycles. The highest BCUT2D eigenvalue weighted by molar-refractivity contribution is 9.10. The largest absolute Gasteiger partial charge is 0.306 e. The van der Waals surface area contributed by atoms with Crippen LogP contribution in [0.5, 0.6) is 0 Å². The fourth-order valence-electron chi connectivity index (χ4n) is 1.89. The van der Waals surface area contributed by atoms with Crippen LogP contribution >= 0.6 is 15.9 Å². The van der Waals surface area contributed by atoms with Gasteiger partial charge in [0.1, 0.15) is 5.82 Å². The van der Waals surface area contributed by atoms with Crippen molar-refractivity contribution in [1.29, 1.82) is 0 Å². The Balaban J connectivity index is 2.28. The normalized spacial score (nSPS) is 10.6. The van der Waals surface area contributed by atoms with Gasteiger partial charge in [-0.1, -0.05) is 0 Å². The molecule has 0 spiro atoms. The Bertz CT molecular complexity index is 648. The number of amides is 1. The van der Waals surface area contributed by atoms with Crippen molar-refractivity contribution in [1.82, 2.24) is 14.8 Å². The molecule has 6 heteroatoms. The quantitative estimate of drug-likeness (QED) is 0.924. The van der Waals surface area contributed by atoms with E-state index in [-0.39, 0.29) is 5.91 Å². The van der Waals surface area contributed by atoms with Crippen molar-refractivity contribution in [2.24, 2.45) is 7.05 Å². The average Bonchev–Trinajstić information content (AvgIpc) is 2.58. The van der Waals surface area contributed by atoms with E-state index in [9.17, 15) is 4.79 Å². The number of carbonyl (C=O) groups excluding carboxylic acids is 1. The first kappa shape index (κ1) is 13.7. The fourth-order valence-corrected chi connectivity index (χ4v) is 2.12. The number of carbonyl (C=O) groups is 1. The lowest BCUT2D eigenvalue weighted by atomic mass is 10.2. The lowest BCUT2D eigenvalue weighted by Gasteiger charge is -2.06. The van der Waals surface area contributed by atoms with E-state index in [0.717, 1.165) is 15.9 Å². The van der Waals surface area contributed by atoms with Gasteiger partial charge >= 0.3 is 0 Å². The summed E-state index contributed by atoms with van der Waals surface area (Å²) in [6.07, 6.45) is 0. The molecule has 0 radical (unpaired) electrons. The summed E-state index contributed by atoms with van der Waals surface area (Å²) in [5.74, 6) is 0.352. The zero-order valence-corrected chi connectivity index (χ0v) is 12.9. The number of hydrogen-bond acceptors (Lipinski definition) is 3. The summed E-state index contributed by atoms with van der Waals surface area (Å²) in [6, 6.07) is 3.62. The van der Waals surface area contributed by atoms with Crippen LogP contribution in [-0.2, 0) is 7.05 Å². The molecule has 1 amide bonds. The van der Waals surface area contributed by atoms with Crippen molar-refractivity contribution >= 4 is 27.7 Å². The van der Waals surface area contributed by atoms with Gasteiger partial charge < -0.3 is 5.32 Å². The predicted octanol–water partition coefficient (Wildman–Crippen LogP) is 2.76. The summed E-state index contributed by atoms with van der Waals surface area (Å²) < 4.78 is 2.61. The molecule has 0 aliphatic rings. The Morgan fingerprint density at radius 1 is 1.26 bits per heavy atom. The maximum Gasteiger partial charge on any atom is 0.260 e. The second kappa shape index (κ2) is 5.13. The van der Waals surface area contributed by atoms with Gasteiger partial charge in [-0.05, 0) is 48.8 Å². The van der Waals surface area contributed by atoms with Crippen LogP contribution in [0.4, 0.5) is 5.82 Å². The maximum atomic E-state index is 12.2. The minimum Gasteiger partial charge on any atom is -0.306 e. The first-order valence-electron chi connectivity index (χ1n) is 5.85. The van der Waals surface area contributed by atoms with Crippen LogP contribution < -0.4 is 5.32 Å². The van der Waals surface area contributed by atoms with E-state index >= 15 is 0 Å². The summed E-state index contributed by atoms with van der Waals surface area (Å²) in [5.41, 5.74) is 2.98. The van der Waals surface area contributed by atoms with Gasteiger partial charge in [-0.3, -0.25) is 9.48 Å². The molecule has 0 aliphatic carbocycles. The van der Waals surface area contributed by atoms with Crippen LogP contribution in [0.3, 0.4) is 0 Å². The third kappa shape index (κ3) is 2.68. The van der Waals surface area contributed by atoms with Crippen molar-refractivity contribution < 1.29 is 4.79 Å². The van der Waals surface area contributed by atoms with E-state index in [2.05, 4.69) is 31.3 Å². The standard InChI is InChI=1S/C13H15BrN4O/c1-7-10(14)5-6-11(15-7)16-13(19)12-8(2)17-18(4)9(12)3/h5-6H,1-4H3,(H,15,16,19). The Morgan fingerprint density at radius 3 is 2.47 bits per heavy atom. The van der Waals surface area contributed by atoms with Crippen molar-refractivity contribution in [2.45, 2.75) is 20.8 Å². The third-order valence-corrected chi connectivity index (χ3v) is 3.84. The van der Waals surface area contributed by atoms with Crippen molar-refractivity contribution in [3.8, 4) is 0 Å². The molecule has 1 N–H and O–H groups in total. The van der Waals surface area contributed by atoms with Gasteiger partial charge in [0, 0.05) is 17.2 Å². The number of hydrogen-bond donors (Lipinski definition) is 1. The lowest BCUT2D eigenvalue weighted by molar-refractivity contribution is 0.102. The first-order chi connectivity index (χ1) is 8.90. The Kier molecular flexibility index (Phi) is 3.71. The van der Waals surface area contributed by atoms with Crippen LogP contribution in [0, 0.1) is 20.8 Å². The molecule has 0 bridgehead atoms. The Labute approximate surface area is 120 Å². The minimum atomic E-state index is -0.183. The van der Waals surface area contributed by atoms with Gasteiger partial charge in [-0.25, -0.2) is 4.98 Å². The lowest BCUT2D eigenvalue weighted by Crippen LogP contribution is -2.15. The molecule has 0 saturated carbocycles. The molecule has 0 atom stereocenters. The Hall–Kier alpha value is -1.69. The van der Waals surface area contributed by atoms with E-state index < -0.39 is 0 Å². The van der Waals surface area contributed by atoms with Crippen molar-refractivity contribution in [2.75, 3.05) is 5.32 Å². The number of nitrogens with one attached hydrogen (secondary N) is 1. The van der Waals surface area contributed by atoms with Crippen LogP contribution in [0.25, 0.3) is 0 Å². The maximum absolute atomic E-state index is 12.2.